The van der Waals surface area contributed by atoms with Gasteiger partial charge in [-0.05, 0) is 43.7 Å². The summed E-state index contributed by atoms with van der Waals surface area (Å²) in [6.45, 7) is 6.81. The van der Waals surface area contributed by atoms with E-state index in [-0.39, 0.29) is 0 Å². The zero-order valence-corrected chi connectivity index (χ0v) is 11.0. The lowest BCUT2D eigenvalue weighted by Crippen LogP contribution is -2.55. The van der Waals surface area contributed by atoms with Crippen molar-refractivity contribution in [1.82, 2.24) is 15.1 Å². The van der Waals surface area contributed by atoms with E-state index in [1.165, 1.54) is 24.1 Å². The number of rotatable bonds is 3. The summed E-state index contributed by atoms with van der Waals surface area (Å²) >= 11 is 0. The smallest absolute Gasteiger partial charge is 0.0628 e. The van der Waals surface area contributed by atoms with Gasteiger partial charge in [0.25, 0.3) is 0 Å². The lowest BCUT2D eigenvalue weighted by molar-refractivity contribution is 0.0491. The molecule has 3 heteroatoms. The number of nitrogens with zero attached hydrogens (tertiary/aromatic N) is 2. The molecule has 3 atom stereocenters. The molecule has 90 valence electrons. The Morgan fingerprint density at radius 3 is 2.75 bits per heavy atom. The Kier molecular flexibility index (Phi) is 2.82. The van der Waals surface area contributed by atoms with Crippen LogP contribution in [0.25, 0.3) is 0 Å². The van der Waals surface area contributed by atoms with Crippen molar-refractivity contribution >= 4 is 0 Å². The van der Waals surface area contributed by atoms with Crippen LogP contribution in [0, 0.1) is 12.3 Å². The molecule has 3 unspecified atom stereocenters. The largest absolute Gasteiger partial charge is 0.316 e. The Morgan fingerprint density at radius 2 is 2.31 bits per heavy atom. The highest BCUT2D eigenvalue weighted by Gasteiger charge is 2.50. The standard InChI is InChI=1S/C13H23N3/c1-6-13(3)11(7-12(13)14-4)10-8-16(5)15-9(10)2/h8,11-12,14H,6-7H2,1-5H3. The molecule has 1 aromatic heterocycles. The molecule has 3 nitrogen and oxygen atoms in total. The fourth-order valence-corrected chi connectivity index (χ4v) is 3.24. The van der Waals surface area contributed by atoms with Gasteiger partial charge in [-0.25, -0.2) is 0 Å². The molecule has 2 rings (SSSR count). The Morgan fingerprint density at radius 1 is 1.62 bits per heavy atom. The topological polar surface area (TPSA) is 29.9 Å². The van der Waals surface area contributed by atoms with Crippen LogP contribution in [0.5, 0.6) is 0 Å². The molecule has 0 bridgehead atoms. The molecule has 0 saturated heterocycles. The predicted molar refractivity (Wildman–Crippen MR) is 66.5 cm³/mol. The van der Waals surface area contributed by atoms with Gasteiger partial charge in [0, 0.05) is 19.3 Å². The van der Waals surface area contributed by atoms with E-state index >= 15 is 0 Å². The van der Waals surface area contributed by atoms with Crippen LogP contribution in [0.15, 0.2) is 6.20 Å². The molecular formula is C13H23N3. The summed E-state index contributed by atoms with van der Waals surface area (Å²) in [5, 5.41) is 7.90. The van der Waals surface area contributed by atoms with E-state index in [4.69, 9.17) is 0 Å². The number of aromatic nitrogens is 2. The quantitative estimate of drug-likeness (QED) is 0.848. The Labute approximate surface area is 98.2 Å². The fourth-order valence-electron chi connectivity index (χ4n) is 3.24. The number of hydrogen-bond acceptors (Lipinski definition) is 2. The first kappa shape index (κ1) is 11.6. The molecule has 0 radical (unpaired) electrons. The lowest BCUT2D eigenvalue weighted by Gasteiger charge is -2.54. The van der Waals surface area contributed by atoms with Crippen LogP contribution in [0.1, 0.15) is 43.9 Å². The average molecular weight is 221 g/mol. The SMILES string of the molecule is CCC1(C)C(NC)CC1c1cn(C)nc1C. The van der Waals surface area contributed by atoms with Crippen LogP contribution in [0.4, 0.5) is 0 Å². The van der Waals surface area contributed by atoms with Crippen LogP contribution in [0.3, 0.4) is 0 Å². The molecule has 1 aliphatic carbocycles. The maximum atomic E-state index is 4.46. The average Bonchev–Trinajstić information content (AvgIpc) is 2.56. The molecule has 1 aliphatic rings. The van der Waals surface area contributed by atoms with E-state index in [0.717, 1.165) is 0 Å². The molecular weight excluding hydrogens is 198 g/mol. The van der Waals surface area contributed by atoms with Gasteiger partial charge >= 0.3 is 0 Å². The van der Waals surface area contributed by atoms with E-state index in [1.807, 2.05) is 11.7 Å². The minimum atomic E-state index is 0.391. The summed E-state index contributed by atoms with van der Waals surface area (Å²) in [5.74, 6) is 0.670. The van der Waals surface area contributed by atoms with E-state index in [2.05, 4.69) is 44.4 Å². The molecule has 1 heterocycles. The molecule has 1 N–H and O–H groups in total. The zero-order valence-electron chi connectivity index (χ0n) is 11.0. The second-order valence-corrected chi connectivity index (χ2v) is 5.33. The number of aryl methyl sites for hydroxylation is 2. The van der Waals surface area contributed by atoms with E-state index in [0.29, 0.717) is 17.4 Å². The van der Waals surface area contributed by atoms with Crippen LogP contribution in [-0.4, -0.2) is 22.9 Å². The lowest BCUT2D eigenvalue weighted by atomic mass is 9.54. The van der Waals surface area contributed by atoms with Crippen molar-refractivity contribution in [3.63, 3.8) is 0 Å². The summed E-state index contributed by atoms with van der Waals surface area (Å²) in [7, 11) is 4.08. The summed E-state index contributed by atoms with van der Waals surface area (Å²) in [6, 6.07) is 0.655. The summed E-state index contributed by atoms with van der Waals surface area (Å²) < 4.78 is 1.94. The monoisotopic (exact) mass is 221 g/mol. The van der Waals surface area contributed by atoms with Crippen molar-refractivity contribution in [2.75, 3.05) is 7.05 Å². The second kappa shape index (κ2) is 3.88. The van der Waals surface area contributed by atoms with Crippen LogP contribution in [0.2, 0.25) is 0 Å². The molecule has 16 heavy (non-hydrogen) atoms. The molecule has 0 amide bonds. The maximum Gasteiger partial charge on any atom is 0.0628 e. The van der Waals surface area contributed by atoms with Gasteiger partial charge in [0.05, 0.1) is 5.69 Å². The Bertz CT molecular complexity index is 383. The molecule has 0 aromatic carbocycles. The summed E-state index contributed by atoms with van der Waals surface area (Å²) in [6.07, 6.45) is 4.66. The molecule has 1 aromatic rings. The third-order valence-corrected chi connectivity index (χ3v) is 4.60. The van der Waals surface area contributed by atoms with Crippen molar-refractivity contribution in [2.45, 2.75) is 45.6 Å². The van der Waals surface area contributed by atoms with E-state index in [9.17, 15) is 0 Å². The molecule has 1 fully saturated rings. The predicted octanol–water partition coefficient (Wildman–Crippen LogP) is 2.22. The van der Waals surface area contributed by atoms with Gasteiger partial charge in [-0.1, -0.05) is 13.8 Å². The van der Waals surface area contributed by atoms with Crippen LogP contribution >= 0.6 is 0 Å². The van der Waals surface area contributed by atoms with Crippen molar-refractivity contribution in [3.8, 4) is 0 Å². The summed E-state index contributed by atoms with van der Waals surface area (Å²) in [5.41, 5.74) is 3.03. The zero-order chi connectivity index (χ0) is 11.9. The highest BCUT2D eigenvalue weighted by molar-refractivity contribution is 5.29. The van der Waals surface area contributed by atoms with Crippen molar-refractivity contribution in [1.29, 1.82) is 0 Å². The van der Waals surface area contributed by atoms with Crippen molar-refractivity contribution in [2.24, 2.45) is 12.5 Å². The van der Waals surface area contributed by atoms with Crippen molar-refractivity contribution in [3.05, 3.63) is 17.5 Å². The highest BCUT2D eigenvalue weighted by atomic mass is 15.2. The maximum absolute atomic E-state index is 4.46. The fraction of sp³-hybridized carbons (Fsp3) is 0.769. The van der Waals surface area contributed by atoms with Crippen LogP contribution < -0.4 is 5.32 Å². The number of nitrogens with one attached hydrogen (secondary N) is 1. The van der Waals surface area contributed by atoms with Gasteiger partial charge in [-0.2, -0.15) is 5.10 Å². The first-order valence-corrected chi connectivity index (χ1v) is 6.20. The summed E-state index contributed by atoms with van der Waals surface area (Å²) in [4.78, 5) is 0. The molecule has 0 spiro atoms. The van der Waals surface area contributed by atoms with Gasteiger partial charge in [-0.3, -0.25) is 4.68 Å². The Balaban J connectivity index is 2.27. The van der Waals surface area contributed by atoms with E-state index < -0.39 is 0 Å². The van der Waals surface area contributed by atoms with Gasteiger partial charge < -0.3 is 5.32 Å². The minimum absolute atomic E-state index is 0.391. The van der Waals surface area contributed by atoms with Gasteiger partial charge in [0.2, 0.25) is 0 Å². The van der Waals surface area contributed by atoms with E-state index in [1.54, 1.807) is 0 Å². The van der Waals surface area contributed by atoms with Gasteiger partial charge in [-0.15, -0.1) is 0 Å². The first-order valence-electron chi connectivity index (χ1n) is 6.20. The second-order valence-electron chi connectivity index (χ2n) is 5.33. The molecule has 0 aliphatic heterocycles. The third kappa shape index (κ3) is 1.49. The number of hydrogen-bond donors (Lipinski definition) is 1. The minimum Gasteiger partial charge on any atom is -0.316 e. The highest BCUT2D eigenvalue weighted by Crippen LogP contribution is 2.55. The van der Waals surface area contributed by atoms with Gasteiger partial charge in [0.15, 0.2) is 0 Å². The molecule has 1 saturated carbocycles. The third-order valence-electron chi connectivity index (χ3n) is 4.60. The van der Waals surface area contributed by atoms with Gasteiger partial charge in [0.1, 0.15) is 0 Å². The Hall–Kier alpha value is -0.830. The van der Waals surface area contributed by atoms with Crippen LogP contribution in [-0.2, 0) is 7.05 Å². The first-order chi connectivity index (χ1) is 7.52. The normalized spacial score (nSPS) is 33.8. The van der Waals surface area contributed by atoms with Crippen molar-refractivity contribution < 1.29 is 0 Å².